The fourth-order valence-electron chi connectivity index (χ4n) is 7.30. The highest BCUT2D eigenvalue weighted by Gasteiger charge is 2.78. The quantitative estimate of drug-likeness (QED) is 0.279. The zero-order valence-electron chi connectivity index (χ0n) is 24.3. The van der Waals surface area contributed by atoms with Gasteiger partial charge in [-0.2, -0.15) is 0 Å². The number of benzene rings is 1. The second-order valence-electron chi connectivity index (χ2n) is 11.7. The van der Waals surface area contributed by atoms with Gasteiger partial charge in [-0.25, -0.2) is 0 Å². The number of nitrogens with zero attached hydrogens (tertiary/aromatic N) is 3. The summed E-state index contributed by atoms with van der Waals surface area (Å²) < 4.78 is 6.82. The number of fused-ring (bicyclic) bond motifs is 1. The molecule has 8 nitrogen and oxygen atoms in total. The van der Waals surface area contributed by atoms with Crippen molar-refractivity contribution in [2.75, 3.05) is 31.1 Å². The Morgan fingerprint density at radius 1 is 1.15 bits per heavy atom. The van der Waals surface area contributed by atoms with Crippen molar-refractivity contribution in [2.45, 2.75) is 82.6 Å². The lowest BCUT2D eigenvalue weighted by Crippen LogP contribution is -2.58. The molecule has 218 valence electrons. The number of amides is 3. The highest BCUT2D eigenvalue weighted by molar-refractivity contribution is 6.03. The molecule has 3 unspecified atom stereocenters. The molecular formula is C32H45N3O5. The number of anilines is 1. The van der Waals surface area contributed by atoms with E-state index < -0.39 is 29.1 Å². The Kier molecular flexibility index (Phi) is 9.20. The van der Waals surface area contributed by atoms with Gasteiger partial charge in [0.1, 0.15) is 11.6 Å². The van der Waals surface area contributed by atoms with Crippen LogP contribution in [0.5, 0.6) is 0 Å². The summed E-state index contributed by atoms with van der Waals surface area (Å²) in [5, 5.41) is 9.43. The molecule has 3 heterocycles. The van der Waals surface area contributed by atoms with Gasteiger partial charge in [0.05, 0.1) is 17.4 Å². The Morgan fingerprint density at radius 3 is 2.48 bits per heavy atom. The minimum atomic E-state index is -1.08. The molecule has 1 N–H and O–H groups in total. The van der Waals surface area contributed by atoms with Gasteiger partial charge < -0.3 is 24.5 Å². The van der Waals surface area contributed by atoms with Crippen LogP contribution in [0.3, 0.4) is 0 Å². The summed E-state index contributed by atoms with van der Waals surface area (Å²) >= 11 is 0. The van der Waals surface area contributed by atoms with Gasteiger partial charge in [-0.1, -0.05) is 43.7 Å². The fourth-order valence-corrected chi connectivity index (χ4v) is 7.30. The van der Waals surface area contributed by atoms with E-state index in [0.29, 0.717) is 45.3 Å². The average molecular weight is 552 g/mol. The number of carbonyl (C=O) groups is 3. The Hall–Kier alpha value is -2.97. The molecule has 40 heavy (non-hydrogen) atoms. The largest absolute Gasteiger partial charge is 0.396 e. The second kappa shape index (κ2) is 12.3. The van der Waals surface area contributed by atoms with Crippen LogP contribution in [-0.4, -0.2) is 82.2 Å². The van der Waals surface area contributed by atoms with Gasteiger partial charge >= 0.3 is 0 Å². The fraction of sp³-hybridized carbons (Fsp3) is 0.594. The van der Waals surface area contributed by atoms with Crippen molar-refractivity contribution >= 4 is 23.4 Å². The molecule has 2 bridgehead atoms. The third-order valence-corrected chi connectivity index (χ3v) is 9.08. The van der Waals surface area contributed by atoms with Crippen molar-refractivity contribution in [3.63, 3.8) is 0 Å². The average Bonchev–Trinajstić information content (AvgIpc) is 3.51. The van der Waals surface area contributed by atoms with Crippen LogP contribution in [0, 0.1) is 11.8 Å². The van der Waals surface area contributed by atoms with E-state index in [9.17, 15) is 19.5 Å². The summed E-state index contributed by atoms with van der Waals surface area (Å²) in [5.41, 5.74) is -1.21. The lowest BCUT2D eigenvalue weighted by molar-refractivity contribution is -0.152. The predicted octanol–water partition coefficient (Wildman–Crippen LogP) is 3.95. The molecule has 3 amide bonds. The molecule has 1 aromatic carbocycles. The minimum absolute atomic E-state index is 0.00854. The van der Waals surface area contributed by atoms with Crippen molar-refractivity contribution in [1.29, 1.82) is 0 Å². The number of rotatable bonds is 14. The van der Waals surface area contributed by atoms with E-state index in [1.165, 1.54) is 0 Å². The van der Waals surface area contributed by atoms with E-state index in [4.69, 9.17) is 4.74 Å². The van der Waals surface area contributed by atoms with E-state index in [1.807, 2.05) is 49.1 Å². The smallest absolute Gasteiger partial charge is 0.248 e. The van der Waals surface area contributed by atoms with E-state index in [0.717, 1.165) is 18.5 Å². The van der Waals surface area contributed by atoms with Crippen molar-refractivity contribution in [3.8, 4) is 0 Å². The van der Waals surface area contributed by atoms with Gasteiger partial charge in [0.25, 0.3) is 0 Å². The van der Waals surface area contributed by atoms with E-state index in [2.05, 4.69) is 20.1 Å². The summed E-state index contributed by atoms with van der Waals surface area (Å²) in [5.74, 6) is -2.02. The van der Waals surface area contributed by atoms with Crippen molar-refractivity contribution in [2.24, 2.45) is 11.8 Å². The van der Waals surface area contributed by atoms with Crippen LogP contribution < -0.4 is 4.90 Å². The van der Waals surface area contributed by atoms with Crippen LogP contribution in [0.25, 0.3) is 0 Å². The molecule has 3 fully saturated rings. The molecule has 0 radical (unpaired) electrons. The number of carbonyl (C=O) groups excluding carboxylic acids is 3. The first-order chi connectivity index (χ1) is 19.2. The third kappa shape index (κ3) is 5.00. The van der Waals surface area contributed by atoms with Gasteiger partial charge in [0.2, 0.25) is 17.7 Å². The number of hydrogen-bond donors (Lipinski definition) is 1. The summed E-state index contributed by atoms with van der Waals surface area (Å²) in [6.07, 6.45) is 7.36. The van der Waals surface area contributed by atoms with Crippen LogP contribution in [0.15, 0.2) is 55.6 Å². The lowest BCUT2D eigenvalue weighted by Gasteiger charge is -2.39. The van der Waals surface area contributed by atoms with Crippen LogP contribution in [0.1, 0.15) is 59.3 Å². The van der Waals surface area contributed by atoms with Crippen molar-refractivity contribution < 1.29 is 24.2 Å². The molecule has 0 saturated carbocycles. The molecule has 3 saturated heterocycles. The Bertz CT molecular complexity index is 1110. The van der Waals surface area contributed by atoms with Gasteiger partial charge in [0.15, 0.2) is 0 Å². The molecule has 3 aliphatic heterocycles. The lowest BCUT2D eigenvalue weighted by atomic mass is 9.66. The number of likely N-dealkylation sites (tertiary alicyclic amines) is 1. The third-order valence-electron chi connectivity index (χ3n) is 9.08. The molecule has 3 aliphatic rings. The first kappa shape index (κ1) is 30.0. The van der Waals surface area contributed by atoms with Crippen LogP contribution in [0.4, 0.5) is 5.69 Å². The van der Waals surface area contributed by atoms with Crippen LogP contribution in [0.2, 0.25) is 0 Å². The van der Waals surface area contributed by atoms with Gasteiger partial charge in [-0.3, -0.25) is 14.4 Å². The summed E-state index contributed by atoms with van der Waals surface area (Å²) in [6, 6.07) is 8.54. The topological polar surface area (TPSA) is 90.4 Å². The second-order valence-corrected chi connectivity index (χ2v) is 11.7. The number of ether oxygens (including phenoxy) is 1. The normalized spacial score (nSPS) is 29.2. The van der Waals surface area contributed by atoms with Crippen LogP contribution >= 0.6 is 0 Å². The number of para-hydroxylation sites is 1. The summed E-state index contributed by atoms with van der Waals surface area (Å²) in [7, 11) is 0. The van der Waals surface area contributed by atoms with E-state index in [1.54, 1.807) is 22.0 Å². The molecule has 0 aromatic heterocycles. The Balaban J connectivity index is 1.77. The highest BCUT2D eigenvalue weighted by atomic mass is 16.5. The molecular weight excluding hydrogens is 506 g/mol. The highest BCUT2D eigenvalue weighted by Crippen LogP contribution is 2.63. The SMILES string of the molecule is C=CCN(C(=O)[C@@H]1[C@H]2C(=O)N(CCCCO)C(C(=O)N(CC=C)C(C)CCC)C23CC[C@@]1(C)O3)c1ccccc1. The molecule has 0 aliphatic carbocycles. The first-order valence-electron chi connectivity index (χ1n) is 14.7. The zero-order valence-corrected chi connectivity index (χ0v) is 24.3. The predicted molar refractivity (Wildman–Crippen MR) is 156 cm³/mol. The first-order valence-corrected chi connectivity index (χ1v) is 14.7. The van der Waals surface area contributed by atoms with Crippen molar-refractivity contribution in [3.05, 3.63) is 55.6 Å². The maximum atomic E-state index is 14.5. The van der Waals surface area contributed by atoms with Gasteiger partial charge in [-0.15, -0.1) is 13.2 Å². The van der Waals surface area contributed by atoms with Gasteiger partial charge in [-0.05, 0) is 58.1 Å². The van der Waals surface area contributed by atoms with E-state index >= 15 is 0 Å². The summed E-state index contributed by atoms with van der Waals surface area (Å²) in [6.45, 7) is 14.8. The van der Waals surface area contributed by atoms with Crippen LogP contribution in [-0.2, 0) is 19.1 Å². The number of aliphatic hydroxyl groups is 1. The monoisotopic (exact) mass is 551 g/mol. The standard InChI is InChI=1S/C32H45N3O5/c1-6-14-23(4)33(19-7-2)30(39)27-32-18-17-31(5,40-32)25(26(32)29(38)35(27)21-12-13-22-36)28(37)34(20-8-3)24-15-10-9-11-16-24/h7-11,15-16,23,25-27,36H,2-3,6,12-14,17-22H2,1,4-5H3/t23?,25-,26-,27?,31+,32?/m0/s1. The molecule has 1 spiro atoms. The zero-order chi connectivity index (χ0) is 29.1. The molecule has 6 atom stereocenters. The van der Waals surface area contributed by atoms with Gasteiger partial charge in [0, 0.05) is 38.0 Å². The van der Waals surface area contributed by atoms with Crippen molar-refractivity contribution in [1.82, 2.24) is 9.80 Å². The van der Waals surface area contributed by atoms with E-state index in [-0.39, 0.29) is 30.4 Å². The maximum absolute atomic E-state index is 14.5. The maximum Gasteiger partial charge on any atom is 0.248 e. The Morgan fingerprint density at radius 2 is 1.85 bits per heavy atom. The number of unbranched alkanes of at least 4 members (excludes halogenated alkanes) is 1. The Labute approximate surface area is 238 Å². The molecule has 8 heteroatoms. The number of hydrogen-bond acceptors (Lipinski definition) is 5. The molecule has 4 rings (SSSR count). The molecule has 1 aromatic rings. The minimum Gasteiger partial charge on any atom is -0.396 e. The summed E-state index contributed by atoms with van der Waals surface area (Å²) in [4.78, 5) is 48.3. The number of aliphatic hydroxyl groups excluding tert-OH is 1.